The summed E-state index contributed by atoms with van der Waals surface area (Å²) < 4.78 is 7.87. The summed E-state index contributed by atoms with van der Waals surface area (Å²) in [6.07, 6.45) is 4.08. The van der Waals surface area contributed by atoms with Crippen molar-refractivity contribution in [2.45, 2.75) is 24.5 Å². The number of hydrogen-bond acceptors (Lipinski definition) is 5. The second kappa shape index (κ2) is 4.59. The number of aromatic nitrogens is 3. The van der Waals surface area contributed by atoms with Gasteiger partial charge in [0.2, 0.25) is 0 Å². The number of thioether (sulfide) groups is 1. The Balaban J connectivity index is 1.89. The van der Waals surface area contributed by atoms with Crippen molar-refractivity contribution in [1.82, 2.24) is 20.1 Å². The molecule has 1 spiro atoms. The minimum absolute atomic E-state index is 0.0947. The summed E-state index contributed by atoms with van der Waals surface area (Å²) in [5.74, 6) is 3.16. The topological polar surface area (TPSA) is 52.0 Å². The molecular weight excluding hydrogens is 236 g/mol. The third-order valence-corrected chi connectivity index (χ3v) is 4.75. The lowest BCUT2D eigenvalue weighted by molar-refractivity contribution is -0.0908. The molecule has 2 saturated heterocycles. The van der Waals surface area contributed by atoms with Crippen LogP contribution >= 0.6 is 11.8 Å². The fraction of sp³-hybridized carbons (Fsp3) is 0.818. The first kappa shape index (κ1) is 11.5. The fourth-order valence-electron chi connectivity index (χ4n) is 2.67. The molecule has 2 atom stereocenters. The largest absolute Gasteiger partial charge is 0.371 e. The van der Waals surface area contributed by atoms with Crippen LogP contribution in [0.3, 0.4) is 0 Å². The number of aryl methyl sites for hydroxylation is 1. The van der Waals surface area contributed by atoms with Gasteiger partial charge in [0.15, 0.2) is 5.82 Å². The molecule has 2 aliphatic heterocycles. The third kappa shape index (κ3) is 2.09. The number of nitrogens with zero attached hydrogens (tertiary/aromatic N) is 3. The molecule has 0 radical (unpaired) electrons. The average Bonchev–Trinajstić information content (AvgIpc) is 2.77. The highest BCUT2D eigenvalue weighted by Crippen LogP contribution is 2.40. The molecule has 17 heavy (non-hydrogen) atoms. The van der Waals surface area contributed by atoms with E-state index in [9.17, 15) is 0 Å². The number of rotatable bonds is 1. The van der Waals surface area contributed by atoms with Gasteiger partial charge in [-0.2, -0.15) is 16.9 Å². The van der Waals surface area contributed by atoms with E-state index in [-0.39, 0.29) is 11.6 Å². The molecular formula is C11H18N4OS. The zero-order valence-electron chi connectivity index (χ0n) is 10.1. The Labute approximate surface area is 105 Å². The van der Waals surface area contributed by atoms with Gasteiger partial charge in [0, 0.05) is 19.3 Å². The quantitative estimate of drug-likeness (QED) is 0.801. The Hall–Kier alpha value is -0.590. The van der Waals surface area contributed by atoms with Crippen molar-refractivity contribution in [3.05, 3.63) is 12.2 Å². The van der Waals surface area contributed by atoms with Crippen molar-refractivity contribution in [2.75, 3.05) is 24.7 Å². The van der Waals surface area contributed by atoms with Gasteiger partial charge in [0.25, 0.3) is 0 Å². The zero-order chi connectivity index (χ0) is 11.7. The molecule has 6 heteroatoms. The molecule has 1 N–H and O–H groups in total. The molecule has 2 aliphatic rings. The van der Waals surface area contributed by atoms with Crippen LogP contribution in [-0.2, 0) is 11.8 Å². The SMILES string of the molecule is Cn1cnc(C2NCCOC23CCCSC3)n1. The predicted molar refractivity (Wildman–Crippen MR) is 67.0 cm³/mol. The first-order valence-corrected chi connectivity index (χ1v) is 7.26. The second-order valence-corrected chi connectivity index (χ2v) is 5.84. The van der Waals surface area contributed by atoms with Crippen molar-refractivity contribution in [3.8, 4) is 0 Å². The minimum Gasteiger partial charge on any atom is -0.371 e. The van der Waals surface area contributed by atoms with E-state index in [1.165, 1.54) is 12.2 Å². The van der Waals surface area contributed by atoms with Crippen LogP contribution in [0.15, 0.2) is 6.33 Å². The molecule has 2 fully saturated rings. The van der Waals surface area contributed by atoms with Crippen LogP contribution in [0.25, 0.3) is 0 Å². The Kier molecular flexibility index (Phi) is 3.10. The summed E-state index contributed by atoms with van der Waals surface area (Å²) >= 11 is 1.98. The van der Waals surface area contributed by atoms with Gasteiger partial charge in [-0.15, -0.1) is 0 Å². The van der Waals surface area contributed by atoms with E-state index in [4.69, 9.17) is 4.74 Å². The lowest BCUT2D eigenvalue weighted by atomic mass is 9.88. The first-order valence-electron chi connectivity index (χ1n) is 6.11. The molecule has 0 bridgehead atoms. The van der Waals surface area contributed by atoms with E-state index in [0.717, 1.165) is 31.1 Å². The van der Waals surface area contributed by atoms with Gasteiger partial charge < -0.3 is 10.1 Å². The summed E-state index contributed by atoms with van der Waals surface area (Å²) in [6.45, 7) is 1.68. The molecule has 1 aromatic heterocycles. The normalized spacial score (nSPS) is 34.1. The summed E-state index contributed by atoms with van der Waals surface area (Å²) in [5, 5.41) is 7.97. The van der Waals surface area contributed by atoms with Crippen LogP contribution in [0.2, 0.25) is 0 Å². The molecule has 0 amide bonds. The van der Waals surface area contributed by atoms with E-state index >= 15 is 0 Å². The second-order valence-electron chi connectivity index (χ2n) is 4.73. The van der Waals surface area contributed by atoms with Gasteiger partial charge >= 0.3 is 0 Å². The van der Waals surface area contributed by atoms with E-state index in [1.54, 1.807) is 11.0 Å². The van der Waals surface area contributed by atoms with Gasteiger partial charge in [0.05, 0.1) is 18.2 Å². The van der Waals surface area contributed by atoms with Crippen molar-refractivity contribution in [1.29, 1.82) is 0 Å². The maximum absolute atomic E-state index is 6.11. The predicted octanol–water partition coefficient (Wildman–Crippen LogP) is 0.742. The van der Waals surface area contributed by atoms with Crippen LogP contribution in [0, 0.1) is 0 Å². The summed E-state index contributed by atoms with van der Waals surface area (Å²) in [5.41, 5.74) is -0.0947. The molecule has 0 aromatic carbocycles. The number of nitrogens with one attached hydrogen (secondary N) is 1. The Morgan fingerprint density at radius 2 is 2.59 bits per heavy atom. The summed E-state index contributed by atoms with van der Waals surface area (Å²) in [7, 11) is 1.91. The monoisotopic (exact) mass is 254 g/mol. The highest BCUT2D eigenvalue weighted by atomic mass is 32.2. The third-order valence-electron chi connectivity index (χ3n) is 3.48. The zero-order valence-corrected chi connectivity index (χ0v) is 10.9. The average molecular weight is 254 g/mol. The maximum atomic E-state index is 6.11. The molecule has 1 aromatic rings. The number of ether oxygens (including phenoxy) is 1. The fourth-order valence-corrected chi connectivity index (χ4v) is 3.91. The summed E-state index contributed by atoms with van der Waals surface area (Å²) in [6, 6.07) is 0.144. The minimum atomic E-state index is -0.0947. The van der Waals surface area contributed by atoms with Crippen molar-refractivity contribution in [2.24, 2.45) is 7.05 Å². The van der Waals surface area contributed by atoms with Crippen LogP contribution in [-0.4, -0.2) is 45.0 Å². The van der Waals surface area contributed by atoms with Crippen LogP contribution in [0.4, 0.5) is 0 Å². The summed E-state index contributed by atoms with van der Waals surface area (Å²) in [4.78, 5) is 4.39. The lowest BCUT2D eigenvalue weighted by Gasteiger charge is -2.45. The van der Waals surface area contributed by atoms with E-state index < -0.39 is 0 Å². The van der Waals surface area contributed by atoms with E-state index in [1.807, 2.05) is 18.8 Å². The van der Waals surface area contributed by atoms with Gasteiger partial charge in [-0.05, 0) is 18.6 Å². The molecule has 0 aliphatic carbocycles. The van der Waals surface area contributed by atoms with Gasteiger partial charge in [-0.3, -0.25) is 4.68 Å². The lowest BCUT2D eigenvalue weighted by Crippen LogP contribution is -2.55. The maximum Gasteiger partial charge on any atom is 0.170 e. The van der Waals surface area contributed by atoms with Gasteiger partial charge in [-0.25, -0.2) is 4.98 Å². The highest BCUT2D eigenvalue weighted by molar-refractivity contribution is 7.99. The Bertz CT molecular complexity index is 380. The van der Waals surface area contributed by atoms with Crippen molar-refractivity contribution in [3.63, 3.8) is 0 Å². The van der Waals surface area contributed by atoms with Crippen LogP contribution < -0.4 is 5.32 Å². The Morgan fingerprint density at radius 1 is 1.65 bits per heavy atom. The number of morpholine rings is 1. The van der Waals surface area contributed by atoms with E-state index in [2.05, 4.69) is 15.4 Å². The molecule has 0 saturated carbocycles. The smallest absolute Gasteiger partial charge is 0.170 e. The molecule has 2 unspecified atom stereocenters. The van der Waals surface area contributed by atoms with E-state index in [0.29, 0.717) is 0 Å². The van der Waals surface area contributed by atoms with Gasteiger partial charge in [0.1, 0.15) is 6.33 Å². The first-order chi connectivity index (χ1) is 8.30. The standard InChI is InChI=1S/C11H18N4OS/c1-15-8-13-10(14-15)9-11(16-5-4-12-9)3-2-6-17-7-11/h8-9,12H,2-7H2,1H3. The number of hydrogen-bond donors (Lipinski definition) is 1. The van der Waals surface area contributed by atoms with Gasteiger partial charge in [-0.1, -0.05) is 0 Å². The Morgan fingerprint density at radius 3 is 3.29 bits per heavy atom. The van der Waals surface area contributed by atoms with Crippen LogP contribution in [0.5, 0.6) is 0 Å². The van der Waals surface area contributed by atoms with Crippen molar-refractivity contribution >= 4 is 11.8 Å². The molecule has 3 rings (SSSR count). The highest BCUT2D eigenvalue weighted by Gasteiger charge is 2.45. The molecule has 3 heterocycles. The molecule has 94 valence electrons. The molecule has 5 nitrogen and oxygen atoms in total. The van der Waals surface area contributed by atoms with Crippen LogP contribution in [0.1, 0.15) is 24.7 Å². The van der Waals surface area contributed by atoms with Crippen molar-refractivity contribution < 1.29 is 4.74 Å².